The Kier molecular flexibility index (Phi) is 8.37. The summed E-state index contributed by atoms with van der Waals surface area (Å²) in [6.07, 6.45) is 0.607. The van der Waals surface area contributed by atoms with E-state index in [9.17, 15) is 9.90 Å². The predicted octanol–water partition coefficient (Wildman–Crippen LogP) is 5.53. The molecule has 196 valence electrons. The number of rotatable bonds is 10. The van der Waals surface area contributed by atoms with Gasteiger partial charge in [-0.15, -0.1) is 0 Å². The average molecular weight is 509 g/mol. The highest BCUT2D eigenvalue weighted by atomic mass is 16.5. The van der Waals surface area contributed by atoms with Crippen molar-refractivity contribution in [3.8, 4) is 5.75 Å². The van der Waals surface area contributed by atoms with E-state index < -0.39 is 6.10 Å². The first kappa shape index (κ1) is 26.0. The van der Waals surface area contributed by atoms with E-state index >= 15 is 0 Å². The fourth-order valence-corrected chi connectivity index (χ4v) is 5.27. The van der Waals surface area contributed by atoms with Crippen LogP contribution >= 0.6 is 0 Å². The van der Waals surface area contributed by atoms with Crippen LogP contribution in [0.15, 0.2) is 91.0 Å². The number of benzene rings is 4. The molecule has 0 unspecified atom stereocenters. The number of β-amino-alcohol motifs (C(OH)–C–C–N with tert-alkyl or cyclic N) is 1. The van der Waals surface area contributed by atoms with Crippen molar-refractivity contribution < 1.29 is 14.6 Å². The number of aryl methyl sites for hydroxylation is 2. The molecule has 5 heteroatoms. The number of para-hydroxylation sites is 1. The van der Waals surface area contributed by atoms with Crippen LogP contribution < -0.4 is 9.64 Å². The first-order valence-electron chi connectivity index (χ1n) is 13.5. The van der Waals surface area contributed by atoms with Crippen molar-refractivity contribution in [2.24, 2.45) is 0 Å². The summed E-state index contributed by atoms with van der Waals surface area (Å²) in [6, 6.07) is 30.3. The van der Waals surface area contributed by atoms with E-state index in [4.69, 9.17) is 4.74 Å². The van der Waals surface area contributed by atoms with Gasteiger partial charge in [0.2, 0.25) is 0 Å². The standard InChI is InChI=1S/C33H36N2O3/c1-25-7-2-5-12-32(25)35-21-19-34(20-22-35)23-29(36)24-38-30-16-13-28(14-17-30)33(37)18-15-27-10-6-9-26-8-3-4-11-31(26)27/h2-14,16-17,29,36H,15,18-24H2,1H3/t29-/m1/s1. The molecule has 1 atom stereocenters. The zero-order chi connectivity index (χ0) is 26.3. The van der Waals surface area contributed by atoms with Gasteiger partial charge in [0, 0.05) is 50.4 Å². The Bertz CT molecular complexity index is 1360. The smallest absolute Gasteiger partial charge is 0.163 e. The summed E-state index contributed by atoms with van der Waals surface area (Å²) in [5.74, 6) is 0.786. The molecule has 0 aliphatic carbocycles. The number of hydrogen-bond acceptors (Lipinski definition) is 5. The van der Waals surface area contributed by atoms with Crippen LogP contribution in [-0.4, -0.2) is 61.2 Å². The number of piperazine rings is 1. The van der Waals surface area contributed by atoms with Gasteiger partial charge in [-0.25, -0.2) is 0 Å². The number of ketones is 1. The fraction of sp³-hybridized carbons (Fsp3) is 0.303. The van der Waals surface area contributed by atoms with Crippen LogP contribution in [0.4, 0.5) is 5.69 Å². The highest BCUT2D eigenvalue weighted by Gasteiger charge is 2.20. The molecule has 1 N–H and O–H groups in total. The molecular weight excluding hydrogens is 472 g/mol. The Morgan fingerprint density at radius 1 is 0.868 bits per heavy atom. The zero-order valence-corrected chi connectivity index (χ0v) is 22.1. The molecule has 5 nitrogen and oxygen atoms in total. The lowest BCUT2D eigenvalue weighted by atomic mass is 9.98. The molecule has 0 aromatic heterocycles. The van der Waals surface area contributed by atoms with Crippen LogP contribution in [0.1, 0.15) is 27.9 Å². The summed E-state index contributed by atoms with van der Waals surface area (Å²) in [6.45, 7) is 6.71. The third-order valence-corrected chi connectivity index (χ3v) is 7.42. The Morgan fingerprint density at radius 3 is 2.37 bits per heavy atom. The maximum absolute atomic E-state index is 12.8. The molecule has 4 aromatic rings. The molecule has 0 spiro atoms. The van der Waals surface area contributed by atoms with Crippen molar-refractivity contribution in [3.05, 3.63) is 108 Å². The second kappa shape index (κ2) is 12.2. The highest BCUT2D eigenvalue weighted by molar-refractivity contribution is 5.96. The van der Waals surface area contributed by atoms with E-state index in [2.05, 4.69) is 65.3 Å². The maximum atomic E-state index is 12.8. The second-order valence-corrected chi connectivity index (χ2v) is 10.1. The quantitative estimate of drug-likeness (QED) is 0.286. The minimum Gasteiger partial charge on any atom is -0.491 e. The average Bonchev–Trinajstić information content (AvgIpc) is 2.96. The van der Waals surface area contributed by atoms with Crippen LogP contribution in [-0.2, 0) is 6.42 Å². The van der Waals surface area contributed by atoms with Crippen LogP contribution in [0.2, 0.25) is 0 Å². The highest BCUT2D eigenvalue weighted by Crippen LogP contribution is 2.22. The number of carbonyl (C=O) groups is 1. The van der Waals surface area contributed by atoms with Crippen LogP contribution in [0.25, 0.3) is 10.8 Å². The number of ether oxygens (including phenoxy) is 1. The van der Waals surface area contributed by atoms with Crippen LogP contribution in [0.5, 0.6) is 5.75 Å². The van der Waals surface area contributed by atoms with Gasteiger partial charge in [0.1, 0.15) is 18.5 Å². The van der Waals surface area contributed by atoms with Crippen LogP contribution in [0, 0.1) is 6.92 Å². The van der Waals surface area contributed by atoms with Crippen LogP contribution in [0.3, 0.4) is 0 Å². The molecule has 1 heterocycles. The Balaban J connectivity index is 1.05. The molecular formula is C33H36N2O3. The van der Waals surface area contributed by atoms with Gasteiger partial charge in [-0.05, 0) is 65.6 Å². The van der Waals surface area contributed by atoms with Gasteiger partial charge in [-0.2, -0.15) is 0 Å². The lowest BCUT2D eigenvalue weighted by molar-refractivity contribution is 0.0663. The van der Waals surface area contributed by atoms with E-state index in [1.807, 2.05) is 42.5 Å². The van der Waals surface area contributed by atoms with E-state index in [-0.39, 0.29) is 12.4 Å². The third kappa shape index (κ3) is 6.42. The normalized spacial score (nSPS) is 14.9. The molecule has 1 aliphatic rings. The molecule has 0 bridgehead atoms. The summed E-state index contributed by atoms with van der Waals surface area (Å²) < 4.78 is 5.83. The molecule has 38 heavy (non-hydrogen) atoms. The summed E-state index contributed by atoms with van der Waals surface area (Å²) in [5, 5.41) is 13.0. The van der Waals surface area contributed by atoms with E-state index in [0.29, 0.717) is 30.7 Å². The summed E-state index contributed by atoms with van der Waals surface area (Å²) >= 11 is 0. The predicted molar refractivity (Wildman–Crippen MR) is 154 cm³/mol. The first-order valence-corrected chi connectivity index (χ1v) is 13.5. The summed E-state index contributed by atoms with van der Waals surface area (Å²) in [7, 11) is 0. The van der Waals surface area contributed by atoms with Gasteiger partial charge >= 0.3 is 0 Å². The largest absolute Gasteiger partial charge is 0.491 e. The van der Waals surface area contributed by atoms with Crippen molar-refractivity contribution in [1.82, 2.24) is 4.90 Å². The summed E-state index contributed by atoms with van der Waals surface area (Å²) in [4.78, 5) is 17.5. The van der Waals surface area contributed by atoms with Gasteiger partial charge in [0.05, 0.1) is 0 Å². The van der Waals surface area contributed by atoms with Crippen molar-refractivity contribution in [2.45, 2.75) is 25.9 Å². The number of aliphatic hydroxyl groups is 1. The molecule has 1 fully saturated rings. The topological polar surface area (TPSA) is 53.0 Å². The monoisotopic (exact) mass is 508 g/mol. The maximum Gasteiger partial charge on any atom is 0.163 e. The molecule has 1 saturated heterocycles. The van der Waals surface area contributed by atoms with E-state index in [1.165, 1.54) is 27.6 Å². The fourth-order valence-electron chi connectivity index (χ4n) is 5.27. The van der Waals surface area contributed by atoms with Gasteiger partial charge in [0.15, 0.2) is 5.78 Å². The number of Topliss-reactive ketones (excluding diaryl/α,β-unsaturated/α-hetero) is 1. The van der Waals surface area contributed by atoms with Crippen molar-refractivity contribution in [1.29, 1.82) is 0 Å². The molecule has 0 radical (unpaired) electrons. The van der Waals surface area contributed by atoms with Gasteiger partial charge in [-0.3, -0.25) is 9.69 Å². The van der Waals surface area contributed by atoms with Crippen molar-refractivity contribution in [3.63, 3.8) is 0 Å². The van der Waals surface area contributed by atoms with Gasteiger partial charge < -0.3 is 14.7 Å². The minimum atomic E-state index is -0.568. The molecule has 1 aliphatic heterocycles. The van der Waals surface area contributed by atoms with Gasteiger partial charge in [-0.1, -0.05) is 60.7 Å². The Labute approximate surface area is 225 Å². The number of nitrogens with zero attached hydrogens (tertiary/aromatic N) is 2. The zero-order valence-electron chi connectivity index (χ0n) is 22.1. The van der Waals surface area contributed by atoms with Crippen molar-refractivity contribution in [2.75, 3.05) is 44.2 Å². The lowest BCUT2D eigenvalue weighted by Crippen LogP contribution is -2.49. The van der Waals surface area contributed by atoms with E-state index in [0.717, 1.165) is 26.2 Å². The van der Waals surface area contributed by atoms with Crippen molar-refractivity contribution >= 4 is 22.2 Å². The number of hydrogen-bond donors (Lipinski definition) is 1. The Morgan fingerprint density at radius 2 is 1.58 bits per heavy atom. The lowest BCUT2D eigenvalue weighted by Gasteiger charge is -2.37. The Hall–Kier alpha value is -3.67. The number of carbonyl (C=O) groups excluding carboxylic acids is 1. The number of aliphatic hydroxyl groups excluding tert-OH is 1. The third-order valence-electron chi connectivity index (χ3n) is 7.42. The minimum absolute atomic E-state index is 0.120. The van der Waals surface area contributed by atoms with E-state index in [1.54, 1.807) is 0 Å². The SMILES string of the molecule is Cc1ccccc1N1CCN(C[C@@H](O)COc2ccc(C(=O)CCc3cccc4ccccc34)cc2)CC1. The number of fused-ring (bicyclic) bond motifs is 1. The van der Waals surface area contributed by atoms with Gasteiger partial charge in [0.25, 0.3) is 0 Å². The summed E-state index contributed by atoms with van der Waals surface area (Å²) in [5.41, 5.74) is 4.48. The molecule has 5 rings (SSSR count). The second-order valence-electron chi connectivity index (χ2n) is 10.1. The first-order chi connectivity index (χ1) is 18.6. The molecule has 4 aromatic carbocycles. The molecule has 0 amide bonds. The molecule has 0 saturated carbocycles. The number of anilines is 1.